The summed E-state index contributed by atoms with van der Waals surface area (Å²) in [5.74, 6) is -1.25. The maximum Gasteiger partial charge on any atom is 0.338 e. The number of aliphatic hydroxyl groups excluding tert-OH is 1. The summed E-state index contributed by atoms with van der Waals surface area (Å²) in [4.78, 5) is 15.5. The first kappa shape index (κ1) is 12.7. The van der Waals surface area contributed by atoms with Crippen LogP contribution in [0.5, 0.6) is 0 Å². The largest absolute Gasteiger partial charge is 0.479 e. The van der Waals surface area contributed by atoms with Gasteiger partial charge in [-0.2, -0.15) is 0 Å². The van der Waals surface area contributed by atoms with Crippen molar-refractivity contribution in [2.75, 3.05) is 0 Å². The van der Waals surface area contributed by atoms with E-state index in [-0.39, 0.29) is 0 Å². The second-order valence-corrected chi connectivity index (χ2v) is 5.11. The van der Waals surface area contributed by atoms with Gasteiger partial charge in [-0.15, -0.1) is 11.3 Å². The van der Waals surface area contributed by atoms with Crippen molar-refractivity contribution in [3.05, 3.63) is 40.4 Å². The Kier molecular flexibility index (Phi) is 3.45. The number of carboxylic acid groups (broad SMARTS) is 1. The molecule has 0 aliphatic rings. The number of aryl methyl sites for hydroxylation is 2. The summed E-state index contributed by atoms with van der Waals surface area (Å²) >= 11 is 1.22. The van der Waals surface area contributed by atoms with E-state index in [0.717, 1.165) is 16.1 Å². The van der Waals surface area contributed by atoms with Crippen LogP contribution in [0.15, 0.2) is 24.3 Å². The molecule has 2 rings (SSSR count). The molecule has 18 heavy (non-hydrogen) atoms. The van der Waals surface area contributed by atoms with Gasteiger partial charge in [-0.25, -0.2) is 9.78 Å². The molecule has 94 valence electrons. The second kappa shape index (κ2) is 4.88. The molecule has 1 aromatic carbocycles. The Morgan fingerprint density at radius 2 is 2.11 bits per heavy atom. The van der Waals surface area contributed by atoms with E-state index in [4.69, 9.17) is 5.11 Å². The van der Waals surface area contributed by atoms with Gasteiger partial charge in [0, 0.05) is 5.56 Å². The Morgan fingerprint density at radius 3 is 2.72 bits per heavy atom. The number of aliphatic hydroxyl groups is 1. The molecule has 1 atom stereocenters. The standard InChI is InChI=1S/C13H13NO3S/c1-7-4-3-5-9(6-7)12-14-8(2)11(18-12)10(15)13(16)17/h3-6,10,15H,1-2H3,(H,16,17). The first-order valence-electron chi connectivity index (χ1n) is 5.44. The minimum absolute atomic E-state index is 0.388. The minimum atomic E-state index is -1.50. The highest BCUT2D eigenvalue weighted by molar-refractivity contribution is 7.15. The first-order valence-corrected chi connectivity index (χ1v) is 6.26. The van der Waals surface area contributed by atoms with Crippen molar-refractivity contribution in [1.82, 2.24) is 4.98 Å². The molecular weight excluding hydrogens is 250 g/mol. The monoisotopic (exact) mass is 263 g/mol. The van der Waals surface area contributed by atoms with Crippen molar-refractivity contribution >= 4 is 17.3 Å². The van der Waals surface area contributed by atoms with Crippen molar-refractivity contribution in [2.24, 2.45) is 0 Å². The maximum atomic E-state index is 10.8. The Balaban J connectivity index is 2.43. The van der Waals surface area contributed by atoms with Crippen LogP contribution in [0.25, 0.3) is 10.6 Å². The van der Waals surface area contributed by atoms with Crippen molar-refractivity contribution < 1.29 is 15.0 Å². The molecule has 0 fully saturated rings. The van der Waals surface area contributed by atoms with E-state index in [0.29, 0.717) is 10.6 Å². The molecule has 0 aliphatic carbocycles. The fourth-order valence-electron chi connectivity index (χ4n) is 1.68. The van der Waals surface area contributed by atoms with E-state index in [1.165, 1.54) is 11.3 Å². The molecule has 0 amide bonds. The van der Waals surface area contributed by atoms with Gasteiger partial charge in [0.05, 0.1) is 10.6 Å². The van der Waals surface area contributed by atoms with Crippen molar-refractivity contribution in [3.63, 3.8) is 0 Å². The number of benzene rings is 1. The number of carbonyl (C=O) groups is 1. The zero-order chi connectivity index (χ0) is 13.3. The van der Waals surface area contributed by atoms with Crippen LogP contribution in [0, 0.1) is 13.8 Å². The van der Waals surface area contributed by atoms with Gasteiger partial charge in [0.2, 0.25) is 0 Å². The van der Waals surface area contributed by atoms with Gasteiger partial charge >= 0.3 is 5.97 Å². The number of nitrogens with zero attached hydrogens (tertiary/aromatic N) is 1. The van der Waals surface area contributed by atoms with Crippen molar-refractivity contribution in [2.45, 2.75) is 20.0 Å². The molecule has 2 aromatic rings. The molecule has 0 aliphatic heterocycles. The molecule has 4 nitrogen and oxygen atoms in total. The molecule has 1 aromatic heterocycles. The van der Waals surface area contributed by atoms with Crippen LogP contribution >= 0.6 is 11.3 Å². The van der Waals surface area contributed by atoms with Gasteiger partial charge in [0.15, 0.2) is 6.10 Å². The number of aromatic nitrogens is 1. The SMILES string of the molecule is Cc1cccc(-c2nc(C)c(C(O)C(=O)O)s2)c1. The third-order valence-electron chi connectivity index (χ3n) is 2.58. The van der Waals surface area contributed by atoms with E-state index in [9.17, 15) is 9.90 Å². The molecule has 0 bridgehead atoms. The highest BCUT2D eigenvalue weighted by Crippen LogP contribution is 2.32. The smallest absolute Gasteiger partial charge is 0.338 e. The number of hydrogen-bond acceptors (Lipinski definition) is 4. The summed E-state index contributed by atoms with van der Waals surface area (Å²) in [7, 11) is 0. The summed E-state index contributed by atoms with van der Waals surface area (Å²) in [6.45, 7) is 3.69. The molecule has 0 saturated carbocycles. The van der Waals surface area contributed by atoms with Crippen LogP contribution in [-0.2, 0) is 4.79 Å². The van der Waals surface area contributed by atoms with Crippen LogP contribution in [0.2, 0.25) is 0 Å². The highest BCUT2D eigenvalue weighted by atomic mass is 32.1. The average Bonchev–Trinajstić information content (AvgIpc) is 2.70. The number of carboxylic acids is 1. The average molecular weight is 263 g/mol. The van der Waals surface area contributed by atoms with E-state index < -0.39 is 12.1 Å². The summed E-state index contributed by atoms with van der Waals surface area (Å²) in [5.41, 5.74) is 2.61. The van der Waals surface area contributed by atoms with E-state index >= 15 is 0 Å². The molecule has 0 radical (unpaired) electrons. The zero-order valence-electron chi connectivity index (χ0n) is 10.0. The topological polar surface area (TPSA) is 70.4 Å². The van der Waals surface area contributed by atoms with Crippen molar-refractivity contribution in [3.8, 4) is 10.6 Å². The number of aliphatic carboxylic acids is 1. The number of hydrogen-bond donors (Lipinski definition) is 2. The Hall–Kier alpha value is -1.72. The summed E-state index contributed by atoms with van der Waals surface area (Å²) < 4.78 is 0. The van der Waals surface area contributed by atoms with Crippen LogP contribution in [0.4, 0.5) is 0 Å². The lowest BCUT2D eigenvalue weighted by Crippen LogP contribution is -2.09. The van der Waals surface area contributed by atoms with E-state index in [1.807, 2.05) is 31.2 Å². The molecule has 1 heterocycles. The van der Waals surface area contributed by atoms with Gasteiger partial charge in [-0.3, -0.25) is 0 Å². The summed E-state index contributed by atoms with van der Waals surface area (Å²) in [6.07, 6.45) is -1.50. The molecule has 2 N–H and O–H groups in total. The fourth-order valence-corrected chi connectivity index (χ4v) is 2.72. The lowest BCUT2D eigenvalue weighted by atomic mass is 10.1. The van der Waals surface area contributed by atoms with Crippen LogP contribution in [0.1, 0.15) is 22.2 Å². The normalized spacial score (nSPS) is 12.4. The predicted octanol–water partition coefficient (Wildman–Crippen LogP) is 2.54. The summed E-state index contributed by atoms with van der Waals surface area (Å²) in [5, 5.41) is 19.1. The van der Waals surface area contributed by atoms with Crippen LogP contribution in [-0.4, -0.2) is 21.2 Å². The lowest BCUT2D eigenvalue weighted by molar-refractivity contribution is -0.146. The van der Waals surface area contributed by atoms with Gasteiger partial charge in [0.25, 0.3) is 0 Å². The van der Waals surface area contributed by atoms with Crippen LogP contribution < -0.4 is 0 Å². The fraction of sp³-hybridized carbons (Fsp3) is 0.231. The lowest BCUT2D eigenvalue weighted by Gasteiger charge is -2.01. The Labute approximate surface area is 109 Å². The van der Waals surface area contributed by atoms with E-state index in [1.54, 1.807) is 6.92 Å². The van der Waals surface area contributed by atoms with Gasteiger partial charge in [0.1, 0.15) is 5.01 Å². The third-order valence-corrected chi connectivity index (χ3v) is 3.84. The summed E-state index contributed by atoms with van der Waals surface area (Å²) in [6, 6.07) is 7.81. The molecule has 0 saturated heterocycles. The molecule has 5 heteroatoms. The molecule has 1 unspecified atom stereocenters. The Morgan fingerprint density at radius 1 is 1.39 bits per heavy atom. The van der Waals surface area contributed by atoms with Crippen molar-refractivity contribution in [1.29, 1.82) is 0 Å². The molecule has 0 spiro atoms. The first-order chi connectivity index (χ1) is 8.49. The maximum absolute atomic E-state index is 10.8. The van der Waals surface area contributed by atoms with Gasteiger partial charge in [-0.05, 0) is 19.9 Å². The van der Waals surface area contributed by atoms with Gasteiger partial charge < -0.3 is 10.2 Å². The quantitative estimate of drug-likeness (QED) is 0.892. The number of thiazole rings is 1. The van der Waals surface area contributed by atoms with Crippen LogP contribution in [0.3, 0.4) is 0 Å². The highest BCUT2D eigenvalue weighted by Gasteiger charge is 2.22. The predicted molar refractivity (Wildman–Crippen MR) is 69.6 cm³/mol. The molecular formula is C13H13NO3S. The number of rotatable bonds is 3. The second-order valence-electron chi connectivity index (χ2n) is 4.08. The van der Waals surface area contributed by atoms with Gasteiger partial charge in [-0.1, -0.05) is 23.8 Å². The Bertz CT molecular complexity index is 592. The third kappa shape index (κ3) is 2.42. The minimum Gasteiger partial charge on any atom is -0.479 e. The van der Waals surface area contributed by atoms with E-state index in [2.05, 4.69) is 4.98 Å². The zero-order valence-corrected chi connectivity index (χ0v) is 10.9.